The fourth-order valence-corrected chi connectivity index (χ4v) is 1.83. The lowest BCUT2D eigenvalue weighted by molar-refractivity contribution is -0.0538. The molecule has 0 aromatic heterocycles. The van der Waals surface area contributed by atoms with E-state index in [0.717, 1.165) is 11.2 Å². The molecule has 15 heavy (non-hydrogen) atoms. The summed E-state index contributed by atoms with van der Waals surface area (Å²) in [7, 11) is -3.56. The molecule has 1 saturated heterocycles. The summed E-state index contributed by atoms with van der Waals surface area (Å²) in [4.78, 5) is 11.6. The van der Waals surface area contributed by atoms with E-state index >= 15 is 0 Å². The zero-order chi connectivity index (χ0) is 11.7. The number of amides is 1. The van der Waals surface area contributed by atoms with Gasteiger partial charge in [0.05, 0.1) is 24.9 Å². The van der Waals surface area contributed by atoms with Crippen LogP contribution in [-0.2, 0) is 14.3 Å². The molecule has 2 N–H and O–H groups in total. The van der Waals surface area contributed by atoms with Gasteiger partial charge in [-0.1, -0.05) is 0 Å². The van der Waals surface area contributed by atoms with Crippen LogP contribution in [-0.4, -0.2) is 62.2 Å². The number of hydrogen-bond acceptors (Lipinski definition) is 5. The van der Waals surface area contributed by atoms with Crippen molar-refractivity contribution in [2.45, 2.75) is 0 Å². The SMILES string of the molecule is CS(=O)(=O)OCC1(CO)CN(C(=O)O)C1. The second-order valence-electron chi connectivity index (χ2n) is 3.76. The van der Waals surface area contributed by atoms with Crippen molar-refractivity contribution >= 4 is 16.2 Å². The van der Waals surface area contributed by atoms with Crippen molar-refractivity contribution in [3.05, 3.63) is 0 Å². The Morgan fingerprint density at radius 2 is 2.07 bits per heavy atom. The molecule has 1 fully saturated rings. The minimum Gasteiger partial charge on any atom is -0.465 e. The van der Waals surface area contributed by atoms with Crippen LogP contribution in [0, 0.1) is 5.41 Å². The number of carboxylic acid groups (broad SMARTS) is 1. The number of nitrogens with zero attached hydrogens (tertiary/aromatic N) is 1. The normalized spacial score (nSPS) is 19.7. The Hall–Kier alpha value is -0.860. The molecule has 8 heteroatoms. The largest absolute Gasteiger partial charge is 0.465 e. The van der Waals surface area contributed by atoms with Crippen molar-refractivity contribution in [2.75, 3.05) is 32.6 Å². The summed E-state index contributed by atoms with van der Waals surface area (Å²) < 4.78 is 26.0. The molecule has 88 valence electrons. The van der Waals surface area contributed by atoms with Crippen LogP contribution in [0.15, 0.2) is 0 Å². The highest BCUT2D eigenvalue weighted by atomic mass is 32.2. The van der Waals surface area contributed by atoms with Gasteiger partial charge in [0.1, 0.15) is 0 Å². The number of aliphatic hydroxyl groups is 1. The van der Waals surface area contributed by atoms with Gasteiger partial charge in [-0.25, -0.2) is 4.79 Å². The van der Waals surface area contributed by atoms with E-state index in [4.69, 9.17) is 10.2 Å². The minimum absolute atomic E-state index is 0.0916. The van der Waals surface area contributed by atoms with E-state index in [2.05, 4.69) is 4.18 Å². The molecule has 0 unspecified atom stereocenters. The summed E-state index contributed by atoms with van der Waals surface area (Å²) in [5.74, 6) is 0. The average molecular weight is 239 g/mol. The zero-order valence-electron chi connectivity index (χ0n) is 8.21. The minimum atomic E-state index is -3.56. The fraction of sp³-hybridized carbons (Fsp3) is 0.857. The first-order chi connectivity index (χ1) is 6.78. The van der Waals surface area contributed by atoms with Gasteiger partial charge < -0.3 is 15.1 Å². The number of hydrogen-bond donors (Lipinski definition) is 2. The lowest BCUT2D eigenvalue weighted by atomic mass is 9.82. The lowest BCUT2D eigenvalue weighted by Crippen LogP contribution is -2.62. The van der Waals surface area contributed by atoms with Crippen molar-refractivity contribution in [2.24, 2.45) is 5.41 Å². The third-order valence-electron chi connectivity index (χ3n) is 2.24. The number of carbonyl (C=O) groups is 1. The highest BCUT2D eigenvalue weighted by molar-refractivity contribution is 7.85. The second-order valence-corrected chi connectivity index (χ2v) is 5.41. The first-order valence-electron chi connectivity index (χ1n) is 4.21. The molecule has 0 aromatic rings. The van der Waals surface area contributed by atoms with Crippen molar-refractivity contribution < 1.29 is 27.6 Å². The second kappa shape index (κ2) is 3.95. The van der Waals surface area contributed by atoms with Crippen LogP contribution in [0.4, 0.5) is 4.79 Å². The fourth-order valence-electron chi connectivity index (χ4n) is 1.37. The molecule has 0 bridgehead atoms. The molecule has 0 aromatic carbocycles. The van der Waals surface area contributed by atoms with E-state index in [0.29, 0.717) is 0 Å². The summed E-state index contributed by atoms with van der Waals surface area (Å²) in [6.07, 6.45) is -0.176. The maximum Gasteiger partial charge on any atom is 0.407 e. The molecule has 0 spiro atoms. The standard InChI is InChI=1S/C7H13NO6S/c1-15(12,13)14-5-7(4-9)2-8(3-7)6(10)11/h9H,2-5H2,1H3,(H,10,11). The van der Waals surface area contributed by atoms with Gasteiger partial charge >= 0.3 is 6.09 Å². The Kier molecular flexibility index (Phi) is 3.22. The molecule has 1 rings (SSSR count). The van der Waals surface area contributed by atoms with Crippen molar-refractivity contribution in [3.63, 3.8) is 0 Å². The predicted octanol–water partition coefficient (Wildman–Crippen LogP) is -1.07. The summed E-state index contributed by atoms with van der Waals surface area (Å²) >= 11 is 0. The third kappa shape index (κ3) is 3.05. The molecule has 0 aliphatic carbocycles. The summed E-state index contributed by atoms with van der Waals surface area (Å²) in [5, 5.41) is 17.6. The molecular formula is C7H13NO6S. The van der Waals surface area contributed by atoms with Crippen LogP contribution in [0.3, 0.4) is 0 Å². The summed E-state index contributed by atoms with van der Waals surface area (Å²) in [5.41, 5.74) is -0.776. The van der Waals surface area contributed by atoms with Crippen LogP contribution in [0.2, 0.25) is 0 Å². The number of likely N-dealkylation sites (tertiary alicyclic amines) is 1. The van der Waals surface area contributed by atoms with Crippen LogP contribution >= 0.6 is 0 Å². The van der Waals surface area contributed by atoms with Gasteiger partial charge in [-0.15, -0.1) is 0 Å². The Morgan fingerprint density at radius 3 is 2.40 bits per heavy atom. The molecule has 0 radical (unpaired) electrons. The van der Waals surface area contributed by atoms with Gasteiger partial charge in [0, 0.05) is 13.1 Å². The summed E-state index contributed by atoms with van der Waals surface area (Å²) in [6.45, 7) is -0.304. The Labute approximate surface area is 87.4 Å². The molecule has 1 heterocycles. The highest BCUT2D eigenvalue weighted by Gasteiger charge is 2.46. The smallest absolute Gasteiger partial charge is 0.407 e. The van der Waals surface area contributed by atoms with Crippen molar-refractivity contribution in [1.29, 1.82) is 0 Å². The lowest BCUT2D eigenvalue weighted by Gasteiger charge is -2.46. The Balaban J connectivity index is 2.49. The topological polar surface area (TPSA) is 104 Å². The average Bonchev–Trinajstić information content (AvgIpc) is 2.00. The third-order valence-corrected chi connectivity index (χ3v) is 2.78. The van der Waals surface area contributed by atoms with Gasteiger partial charge in [-0.3, -0.25) is 4.18 Å². The Morgan fingerprint density at radius 1 is 1.53 bits per heavy atom. The molecular weight excluding hydrogens is 226 g/mol. The van der Waals surface area contributed by atoms with Gasteiger partial charge in [0.25, 0.3) is 10.1 Å². The van der Waals surface area contributed by atoms with Crippen LogP contribution in [0.1, 0.15) is 0 Å². The van der Waals surface area contributed by atoms with Crippen molar-refractivity contribution in [3.8, 4) is 0 Å². The molecule has 1 amide bonds. The van der Waals surface area contributed by atoms with E-state index in [9.17, 15) is 13.2 Å². The van der Waals surface area contributed by atoms with Gasteiger partial charge in [0.15, 0.2) is 0 Å². The first-order valence-corrected chi connectivity index (χ1v) is 6.03. The summed E-state index contributed by atoms with van der Waals surface area (Å²) in [6, 6.07) is 0. The molecule has 7 nitrogen and oxygen atoms in total. The van der Waals surface area contributed by atoms with Crippen LogP contribution in [0.5, 0.6) is 0 Å². The quantitative estimate of drug-likeness (QED) is 0.606. The Bertz CT molecular complexity index is 344. The van der Waals surface area contributed by atoms with Gasteiger partial charge in [0.2, 0.25) is 0 Å². The van der Waals surface area contributed by atoms with E-state index in [1.54, 1.807) is 0 Å². The molecule has 1 aliphatic rings. The first kappa shape index (κ1) is 12.2. The van der Waals surface area contributed by atoms with Gasteiger partial charge in [-0.2, -0.15) is 8.42 Å². The molecule has 0 saturated carbocycles. The van der Waals surface area contributed by atoms with Crippen LogP contribution < -0.4 is 0 Å². The zero-order valence-corrected chi connectivity index (χ0v) is 9.03. The highest BCUT2D eigenvalue weighted by Crippen LogP contribution is 2.30. The van der Waals surface area contributed by atoms with Crippen LogP contribution in [0.25, 0.3) is 0 Å². The predicted molar refractivity (Wildman–Crippen MR) is 49.9 cm³/mol. The monoisotopic (exact) mass is 239 g/mol. The van der Waals surface area contributed by atoms with E-state index in [-0.39, 0.29) is 26.3 Å². The van der Waals surface area contributed by atoms with Crippen molar-refractivity contribution in [1.82, 2.24) is 4.90 Å². The van der Waals surface area contributed by atoms with E-state index < -0.39 is 21.6 Å². The van der Waals surface area contributed by atoms with Gasteiger partial charge in [-0.05, 0) is 0 Å². The number of aliphatic hydroxyl groups excluding tert-OH is 1. The maximum absolute atomic E-state index is 10.7. The molecule has 1 aliphatic heterocycles. The van der Waals surface area contributed by atoms with E-state index in [1.165, 1.54) is 0 Å². The number of rotatable bonds is 4. The molecule has 0 atom stereocenters. The van der Waals surface area contributed by atoms with E-state index in [1.807, 2.05) is 0 Å². The maximum atomic E-state index is 10.7.